The van der Waals surface area contributed by atoms with Gasteiger partial charge >= 0.3 is 12.1 Å². The standard InChI is InChI=1S/C8H12F3NO2/c1-2-4-12(5-3-7(13)14)6-8(9,10)11/h3,5H,2,4,6H2,1H3,(H,13,14). The first-order valence-electron chi connectivity index (χ1n) is 4.07. The van der Waals surface area contributed by atoms with Crippen LogP contribution in [0.3, 0.4) is 0 Å². The van der Waals surface area contributed by atoms with Gasteiger partial charge in [0.05, 0.1) is 0 Å². The average Bonchev–Trinajstić information content (AvgIpc) is 1.98. The van der Waals surface area contributed by atoms with Crippen molar-refractivity contribution in [2.45, 2.75) is 19.5 Å². The third-order valence-corrected chi connectivity index (χ3v) is 1.32. The Bertz CT molecular complexity index is 213. The molecular weight excluding hydrogens is 199 g/mol. The summed E-state index contributed by atoms with van der Waals surface area (Å²) in [7, 11) is 0. The van der Waals surface area contributed by atoms with Crippen LogP contribution in [0.5, 0.6) is 0 Å². The number of carboxylic acid groups (broad SMARTS) is 1. The number of carbonyl (C=O) groups is 1. The first kappa shape index (κ1) is 12.8. The number of nitrogens with zero attached hydrogens (tertiary/aromatic N) is 1. The molecule has 1 N–H and O–H groups in total. The van der Waals surface area contributed by atoms with E-state index in [1.54, 1.807) is 6.92 Å². The lowest BCUT2D eigenvalue weighted by atomic mass is 10.4. The second-order valence-electron chi connectivity index (χ2n) is 2.74. The molecule has 82 valence electrons. The first-order chi connectivity index (χ1) is 6.35. The number of aliphatic carboxylic acids is 1. The number of alkyl halides is 3. The fourth-order valence-electron chi connectivity index (χ4n) is 0.893. The van der Waals surface area contributed by atoms with Crippen LogP contribution in [0.25, 0.3) is 0 Å². The van der Waals surface area contributed by atoms with Gasteiger partial charge in [0.15, 0.2) is 0 Å². The summed E-state index contributed by atoms with van der Waals surface area (Å²) in [5.74, 6) is -1.26. The minimum absolute atomic E-state index is 0.184. The molecule has 0 unspecified atom stereocenters. The summed E-state index contributed by atoms with van der Waals surface area (Å²) in [6.45, 7) is 0.784. The summed E-state index contributed by atoms with van der Waals surface area (Å²) < 4.78 is 35.8. The van der Waals surface area contributed by atoms with E-state index in [-0.39, 0.29) is 6.54 Å². The van der Waals surface area contributed by atoms with Gasteiger partial charge in [-0.15, -0.1) is 0 Å². The lowest BCUT2D eigenvalue weighted by Gasteiger charge is -2.20. The zero-order valence-corrected chi connectivity index (χ0v) is 7.71. The Morgan fingerprint density at radius 2 is 2.07 bits per heavy atom. The van der Waals surface area contributed by atoms with Crippen molar-refractivity contribution in [2.75, 3.05) is 13.1 Å². The maximum absolute atomic E-state index is 11.9. The van der Waals surface area contributed by atoms with E-state index in [1.165, 1.54) is 0 Å². The summed E-state index contributed by atoms with van der Waals surface area (Å²) in [6.07, 6.45) is -2.14. The Balaban J connectivity index is 4.22. The molecule has 0 saturated carbocycles. The Morgan fingerprint density at radius 3 is 2.43 bits per heavy atom. The third kappa shape index (κ3) is 7.45. The van der Waals surface area contributed by atoms with Gasteiger partial charge in [-0.3, -0.25) is 0 Å². The molecule has 0 amide bonds. The Kier molecular flexibility index (Phi) is 5.04. The van der Waals surface area contributed by atoms with Gasteiger partial charge < -0.3 is 10.0 Å². The Hall–Kier alpha value is -1.20. The third-order valence-electron chi connectivity index (χ3n) is 1.32. The zero-order valence-electron chi connectivity index (χ0n) is 7.71. The van der Waals surface area contributed by atoms with Gasteiger partial charge in [-0.05, 0) is 6.42 Å². The van der Waals surface area contributed by atoms with Crippen LogP contribution in [0.4, 0.5) is 13.2 Å². The van der Waals surface area contributed by atoms with E-state index in [2.05, 4.69) is 0 Å². The number of carboxylic acids is 1. The van der Waals surface area contributed by atoms with Crippen molar-refractivity contribution in [1.82, 2.24) is 4.90 Å². The lowest BCUT2D eigenvalue weighted by molar-refractivity contribution is -0.141. The van der Waals surface area contributed by atoms with Crippen molar-refractivity contribution < 1.29 is 23.1 Å². The predicted molar refractivity (Wildman–Crippen MR) is 44.7 cm³/mol. The molecule has 0 saturated heterocycles. The smallest absolute Gasteiger partial charge is 0.405 e. The molecule has 3 nitrogen and oxygen atoms in total. The number of hydrogen-bond acceptors (Lipinski definition) is 2. The number of rotatable bonds is 5. The van der Waals surface area contributed by atoms with Crippen molar-refractivity contribution in [1.29, 1.82) is 0 Å². The summed E-state index contributed by atoms with van der Waals surface area (Å²) in [4.78, 5) is 11.0. The van der Waals surface area contributed by atoms with E-state index in [0.29, 0.717) is 12.5 Å². The highest BCUT2D eigenvalue weighted by Crippen LogP contribution is 2.16. The molecule has 0 aromatic heterocycles. The van der Waals surface area contributed by atoms with E-state index in [0.717, 1.165) is 11.1 Å². The maximum Gasteiger partial charge on any atom is 0.405 e. The van der Waals surface area contributed by atoms with Crippen LogP contribution in [0.1, 0.15) is 13.3 Å². The van der Waals surface area contributed by atoms with Crippen LogP contribution in [0, 0.1) is 0 Å². The Labute approximate surface area is 79.8 Å². The largest absolute Gasteiger partial charge is 0.478 e. The molecule has 0 aliphatic carbocycles. The summed E-state index contributed by atoms with van der Waals surface area (Å²) >= 11 is 0. The number of halogens is 3. The quantitative estimate of drug-likeness (QED) is 0.705. The molecule has 14 heavy (non-hydrogen) atoms. The Morgan fingerprint density at radius 1 is 1.50 bits per heavy atom. The fourth-order valence-corrected chi connectivity index (χ4v) is 0.893. The molecule has 0 bridgehead atoms. The van der Waals surface area contributed by atoms with Crippen LogP contribution >= 0.6 is 0 Å². The molecule has 6 heteroatoms. The van der Waals surface area contributed by atoms with Gasteiger partial charge in [-0.2, -0.15) is 13.2 Å². The van der Waals surface area contributed by atoms with E-state index in [4.69, 9.17) is 5.11 Å². The van der Waals surface area contributed by atoms with Crippen LogP contribution in [-0.2, 0) is 4.79 Å². The van der Waals surface area contributed by atoms with Gasteiger partial charge in [0, 0.05) is 18.8 Å². The van der Waals surface area contributed by atoms with E-state index in [9.17, 15) is 18.0 Å². The van der Waals surface area contributed by atoms with Gasteiger partial charge in [-0.25, -0.2) is 4.79 Å². The molecule has 0 fully saturated rings. The summed E-state index contributed by atoms with van der Waals surface area (Å²) in [6, 6.07) is 0. The van der Waals surface area contributed by atoms with E-state index >= 15 is 0 Å². The van der Waals surface area contributed by atoms with Gasteiger partial charge in [0.2, 0.25) is 0 Å². The first-order valence-corrected chi connectivity index (χ1v) is 4.07. The molecule has 0 aromatic rings. The molecule has 0 aromatic carbocycles. The summed E-state index contributed by atoms with van der Waals surface area (Å²) in [5.41, 5.74) is 0. The fraction of sp³-hybridized carbons (Fsp3) is 0.625. The van der Waals surface area contributed by atoms with Crippen LogP contribution in [-0.4, -0.2) is 35.2 Å². The highest BCUT2D eigenvalue weighted by Gasteiger charge is 2.29. The second-order valence-corrected chi connectivity index (χ2v) is 2.74. The average molecular weight is 211 g/mol. The molecular formula is C8H12F3NO2. The van der Waals surface area contributed by atoms with Gasteiger partial charge in [0.1, 0.15) is 6.54 Å². The highest BCUT2D eigenvalue weighted by molar-refractivity contribution is 5.79. The van der Waals surface area contributed by atoms with Crippen LogP contribution in [0.15, 0.2) is 12.3 Å². The highest BCUT2D eigenvalue weighted by atomic mass is 19.4. The minimum Gasteiger partial charge on any atom is -0.478 e. The van der Waals surface area contributed by atoms with E-state index < -0.39 is 18.7 Å². The van der Waals surface area contributed by atoms with Crippen molar-refractivity contribution in [2.24, 2.45) is 0 Å². The second kappa shape index (κ2) is 5.51. The molecule has 0 aliphatic rings. The van der Waals surface area contributed by atoms with Crippen molar-refractivity contribution in [3.8, 4) is 0 Å². The van der Waals surface area contributed by atoms with Crippen molar-refractivity contribution >= 4 is 5.97 Å². The molecule has 0 heterocycles. The van der Waals surface area contributed by atoms with Crippen LogP contribution in [0.2, 0.25) is 0 Å². The monoisotopic (exact) mass is 211 g/mol. The zero-order chi connectivity index (χ0) is 11.2. The predicted octanol–water partition coefficient (Wildman–Crippen LogP) is 1.86. The molecule has 0 spiro atoms. The SMILES string of the molecule is CCCN(C=CC(=O)O)CC(F)(F)F. The van der Waals surface area contributed by atoms with Gasteiger partial charge in [0.25, 0.3) is 0 Å². The molecule has 0 atom stereocenters. The van der Waals surface area contributed by atoms with E-state index in [1.807, 2.05) is 0 Å². The van der Waals surface area contributed by atoms with Gasteiger partial charge in [-0.1, -0.05) is 6.92 Å². The summed E-state index contributed by atoms with van der Waals surface area (Å²) in [5, 5.41) is 8.23. The molecule has 0 aliphatic heterocycles. The maximum atomic E-state index is 11.9. The normalized spacial score (nSPS) is 12.0. The van der Waals surface area contributed by atoms with Crippen molar-refractivity contribution in [3.05, 3.63) is 12.3 Å². The minimum atomic E-state index is -4.31. The van der Waals surface area contributed by atoms with Crippen molar-refractivity contribution in [3.63, 3.8) is 0 Å². The topological polar surface area (TPSA) is 40.5 Å². The van der Waals surface area contributed by atoms with Crippen LogP contribution < -0.4 is 0 Å². The lowest BCUT2D eigenvalue weighted by Crippen LogP contribution is -2.30. The molecule has 0 radical (unpaired) electrons. The molecule has 0 rings (SSSR count). The number of hydrogen-bond donors (Lipinski definition) is 1.